The maximum absolute atomic E-state index is 13.2. The van der Waals surface area contributed by atoms with E-state index in [-0.39, 0.29) is 11.9 Å². The van der Waals surface area contributed by atoms with Gasteiger partial charge in [-0.2, -0.15) is 5.26 Å². The van der Waals surface area contributed by atoms with E-state index in [1.54, 1.807) is 0 Å². The molecule has 34 heavy (non-hydrogen) atoms. The molecule has 1 fully saturated rings. The van der Waals surface area contributed by atoms with Crippen LogP contribution in [0.15, 0.2) is 78.9 Å². The molecule has 0 spiro atoms. The molecular weight excluding hydrogens is 422 g/mol. The number of benzene rings is 3. The number of piperazine rings is 1. The van der Waals surface area contributed by atoms with Crippen LogP contribution in [-0.4, -0.2) is 36.5 Å². The molecule has 3 aromatic carbocycles. The zero-order valence-electron chi connectivity index (χ0n) is 19.5. The lowest BCUT2D eigenvalue weighted by Crippen LogP contribution is -2.54. The Bertz CT molecular complexity index is 1120. The summed E-state index contributed by atoms with van der Waals surface area (Å²) >= 11 is 0. The molecule has 5 nitrogen and oxygen atoms in total. The molecule has 0 bridgehead atoms. The second kappa shape index (κ2) is 12.0. The van der Waals surface area contributed by atoms with Gasteiger partial charge in [0.15, 0.2) is 0 Å². The number of nitrogens with one attached hydrogen (secondary N) is 1. The first-order valence-electron chi connectivity index (χ1n) is 12.0. The van der Waals surface area contributed by atoms with Gasteiger partial charge < -0.3 is 15.0 Å². The highest BCUT2D eigenvalue weighted by Crippen LogP contribution is 2.29. The predicted molar refractivity (Wildman–Crippen MR) is 134 cm³/mol. The number of carbonyl (C=O) groups is 1. The van der Waals surface area contributed by atoms with Gasteiger partial charge in [-0.05, 0) is 48.1 Å². The van der Waals surface area contributed by atoms with Gasteiger partial charge in [0.1, 0.15) is 11.5 Å². The Morgan fingerprint density at radius 2 is 1.59 bits per heavy atom. The fraction of sp³-hybridized carbons (Fsp3) is 0.310. The largest absolute Gasteiger partial charge is 0.457 e. The minimum absolute atomic E-state index is 0.169. The van der Waals surface area contributed by atoms with Gasteiger partial charge in [0.25, 0.3) is 0 Å². The van der Waals surface area contributed by atoms with E-state index in [4.69, 9.17) is 10.00 Å². The summed E-state index contributed by atoms with van der Waals surface area (Å²) in [6.07, 6.45) is 3.03. The van der Waals surface area contributed by atoms with Crippen molar-refractivity contribution in [3.05, 3.63) is 95.6 Å². The fourth-order valence-corrected chi connectivity index (χ4v) is 4.47. The zero-order chi connectivity index (χ0) is 23.6. The van der Waals surface area contributed by atoms with Crippen molar-refractivity contribution < 1.29 is 9.53 Å². The first kappa shape index (κ1) is 23.5. The molecule has 0 aliphatic carbocycles. The molecule has 1 unspecified atom stereocenters. The van der Waals surface area contributed by atoms with Crippen LogP contribution in [0.2, 0.25) is 0 Å². The highest BCUT2D eigenvalue weighted by Gasteiger charge is 2.26. The Morgan fingerprint density at radius 3 is 2.29 bits per heavy atom. The normalized spacial score (nSPS) is 15.5. The third kappa shape index (κ3) is 6.24. The predicted octanol–water partition coefficient (Wildman–Crippen LogP) is 4.91. The number of nitrogens with zero attached hydrogens (tertiary/aromatic N) is 2. The Morgan fingerprint density at radius 1 is 0.941 bits per heavy atom. The van der Waals surface area contributed by atoms with E-state index in [0.29, 0.717) is 25.7 Å². The highest BCUT2D eigenvalue weighted by molar-refractivity contribution is 5.77. The van der Waals surface area contributed by atoms with E-state index in [9.17, 15) is 4.79 Å². The van der Waals surface area contributed by atoms with E-state index in [2.05, 4.69) is 23.5 Å². The van der Waals surface area contributed by atoms with Gasteiger partial charge in [-0.1, -0.05) is 66.7 Å². The van der Waals surface area contributed by atoms with Crippen LogP contribution in [0.3, 0.4) is 0 Å². The van der Waals surface area contributed by atoms with Gasteiger partial charge in [-0.15, -0.1) is 0 Å². The number of rotatable bonds is 9. The minimum Gasteiger partial charge on any atom is -0.457 e. The van der Waals surface area contributed by atoms with E-state index < -0.39 is 0 Å². The molecule has 5 heteroatoms. The number of para-hydroxylation sites is 2. The van der Waals surface area contributed by atoms with E-state index >= 15 is 0 Å². The SMILES string of the molecule is N#CCCc1ccccc1Oc1ccccc1CCC(=O)N1CCNCC1Cc1ccccc1. The number of carbonyl (C=O) groups excluding carboxylic acids is 1. The van der Waals surface area contributed by atoms with Crippen LogP contribution in [0.1, 0.15) is 29.5 Å². The average molecular weight is 454 g/mol. The molecule has 0 radical (unpaired) electrons. The Labute approximate surface area is 202 Å². The van der Waals surface area contributed by atoms with Gasteiger partial charge in [0, 0.05) is 38.5 Å². The van der Waals surface area contributed by atoms with Crippen molar-refractivity contribution in [3.8, 4) is 17.6 Å². The topological polar surface area (TPSA) is 65.4 Å². The summed E-state index contributed by atoms with van der Waals surface area (Å²) < 4.78 is 6.27. The van der Waals surface area contributed by atoms with Crippen molar-refractivity contribution in [1.82, 2.24) is 10.2 Å². The number of hydrogen-bond donors (Lipinski definition) is 1. The van der Waals surface area contributed by atoms with Crippen LogP contribution in [0, 0.1) is 11.3 Å². The van der Waals surface area contributed by atoms with Crippen molar-refractivity contribution in [1.29, 1.82) is 5.26 Å². The third-order valence-electron chi connectivity index (χ3n) is 6.26. The van der Waals surface area contributed by atoms with Crippen molar-refractivity contribution in [2.45, 2.75) is 38.1 Å². The van der Waals surface area contributed by atoms with Crippen molar-refractivity contribution in [2.75, 3.05) is 19.6 Å². The van der Waals surface area contributed by atoms with E-state index in [1.165, 1.54) is 5.56 Å². The lowest BCUT2D eigenvalue weighted by molar-refractivity contribution is -0.134. The average Bonchev–Trinajstić information content (AvgIpc) is 2.88. The van der Waals surface area contributed by atoms with Crippen LogP contribution in [0.25, 0.3) is 0 Å². The second-order valence-electron chi connectivity index (χ2n) is 8.61. The molecule has 1 amide bonds. The molecular formula is C29H31N3O2. The molecule has 174 valence electrons. The molecule has 1 atom stereocenters. The minimum atomic E-state index is 0.169. The monoisotopic (exact) mass is 453 g/mol. The number of ether oxygens (including phenoxy) is 1. The molecule has 1 saturated heterocycles. The molecule has 1 N–H and O–H groups in total. The Hall–Kier alpha value is -3.62. The Kier molecular flexibility index (Phi) is 8.32. The molecule has 0 aromatic heterocycles. The molecule has 0 saturated carbocycles. The maximum atomic E-state index is 13.2. The van der Waals surface area contributed by atoms with Crippen LogP contribution in [0.4, 0.5) is 0 Å². The summed E-state index contributed by atoms with van der Waals surface area (Å²) in [7, 11) is 0. The van der Waals surface area contributed by atoms with Crippen LogP contribution >= 0.6 is 0 Å². The van der Waals surface area contributed by atoms with Gasteiger partial charge in [0.2, 0.25) is 5.91 Å². The van der Waals surface area contributed by atoms with Gasteiger partial charge >= 0.3 is 0 Å². The van der Waals surface area contributed by atoms with Crippen molar-refractivity contribution in [3.63, 3.8) is 0 Å². The lowest BCUT2D eigenvalue weighted by atomic mass is 10.0. The van der Waals surface area contributed by atoms with E-state index in [0.717, 1.165) is 48.7 Å². The summed E-state index contributed by atoms with van der Waals surface area (Å²) in [4.78, 5) is 15.3. The Balaban J connectivity index is 1.42. The van der Waals surface area contributed by atoms with Crippen molar-refractivity contribution >= 4 is 5.91 Å². The number of amides is 1. The summed E-state index contributed by atoms with van der Waals surface area (Å²) in [6.45, 7) is 2.39. The summed E-state index contributed by atoms with van der Waals surface area (Å²) in [5, 5.41) is 12.4. The van der Waals surface area contributed by atoms with Crippen LogP contribution in [-0.2, 0) is 24.1 Å². The number of aryl methyl sites for hydroxylation is 2. The molecule has 1 heterocycles. The van der Waals surface area contributed by atoms with Gasteiger partial charge in [-0.3, -0.25) is 4.79 Å². The van der Waals surface area contributed by atoms with Crippen LogP contribution in [0.5, 0.6) is 11.5 Å². The lowest BCUT2D eigenvalue weighted by Gasteiger charge is -2.36. The first-order chi connectivity index (χ1) is 16.7. The second-order valence-corrected chi connectivity index (χ2v) is 8.61. The first-order valence-corrected chi connectivity index (χ1v) is 12.0. The fourth-order valence-electron chi connectivity index (χ4n) is 4.47. The summed E-state index contributed by atoms with van der Waals surface area (Å²) in [5.74, 6) is 1.72. The van der Waals surface area contributed by atoms with E-state index in [1.807, 2.05) is 71.6 Å². The maximum Gasteiger partial charge on any atom is 0.223 e. The smallest absolute Gasteiger partial charge is 0.223 e. The summed E-state index contributed by atoms with van der Waals surface area (Å²) in [6, 6.07) is 28.5. The van der Waals surface area contributed by atoms with Gasteiger partial charge in [0.05, 0.1) is 6.07 Å². The number of hydrogen-bond acceptors (Lipinski definition) is 4. The summed E-state index contributed by atoms with van der Waals surface area (Å²) in [5.41, 5.74) is 3.28. The molecule has 4 rings (SSSR count). The quantitative estimate of drug-likeness (QED) is 0.500. The standard InChI is InChI=1S/C29H31N3O2/c30-18-8-13-24-11-4-6-14-27(24)34-28-15-7-5-12-25(28)16-17-29(33)32-20-19-31-22-26(32)21-23-9-2-1-3-10-23/h1-7,9-12,14-15,26,31H,8,13,16-17,19-22H2. The third-order valence-corrected chi connectivity index (χ3v) is 6.26. The van der Waals surface area contributed by atoms with Crippen molar-refractivity contribution in [2.24, 2.45) is 0 Å². The van der Waals surface area contributed by atoms with Crippen LogP contribution < -0.4 is 10.1 Å². The zero-order valence-corrected chi connectivity index (χ0v) is 19.5. The number of nitriles is 1. The highest BCUT2D eigenvalue weighted by atomic mass is 16.5. The molecule has 1 aliphatic heterocycles. The molecule has 1 aliphatic rings. The molecule has 3 aromatic rings. The van der Waals surface area contributed by atoms with Gasteiger partial charge in [-0.25, -0.2) is 0 Å².